The molecule has 0 spiro atoms. The van der Waals surface area contributed by atoms with Gasteiger partial charge in [0.2, 0.25) is 5.91 Å². The number of carbonyl (C=O) groups excluding carboxylic acids is 2. The third-order valence-electron chi connectivity index (χ3n) is 3.53. The maximum absolute atomic E-state index is 11.6. The molecule has 1 aliphatic rings. The molecule has 20 heavy (non-hydrogen) atoms. The van der Waals surface area contributed by atoms with Gasteiger partial charge in [-0.3, -0.25) is 9.59 Å². The third kappa shape index (κ3) is 4.51. The number of amides is 1. The zero-order valence-corrected chi connectivity index (χ0v) is 12.1. The summed E-state index contributed by atoms with van der Waals surface area (Å²) >= 11 is 0. The Morgan fingerprint density at radius 1 is 1.30 bits per heavy atom. The summed E-state index contributed by atoms with van der Waals surface area (Å²) in [5, 5.41) is 11.2. The highest BCUT2D eigenvalue weighted by molar-refractivity contribution is 5.97. The largest absolute Gasteiger partial charge is 0.480 e. The second-order valence-corrected chi connectivity index (χ2v) is 5.21. The quantitative estimate of drug-likeness (QED) is 0.380. The monoisotopic (exact) mass is 285 g/mol. The first kappa shape index (κ1) is 16.5. The Morgan fingerprint density at radius 3 is 2.50 bits per heavy atom. The second kappa shape index (κ2) is 7.87. The highest BCUT2D eigenvalue weighted by Crippen LogP contribution is 2.22. The number of aliphatic carboxylic acids is 1. The van der Waals surface area contributed by atoms with Crippen molar-refractivity contribution in [1.29, 1.82) is 0 Å². The van der Waals surface area contributed by atoms with E-state index < -0.39 is 24.0 Å². The number of carbonyl (C=O) groups is 3. The van der Waals surface area contributed by atoms with Crippen molar-refractivity contribution in [2.45, 2.75) is 64.5 Å². The fourth-order valence-corrected chi connectivity index (χ4v) is 2.31. The number of esters is 1. The van der Waals surface area contributed by atoms with E-state index in [0.717, 1.165) is 32.1 Å². The van der Waals surface area contributed by atoms with E-state index >= 15 is 0 Å². The van der Waals surface area contributed by atoms with Gasteiger partial charge in [-0.15, -0.1) is 0 Å². The molecule has 0 aromatic carbocycles. The van der Waals surface area contributed by atoms with Gasteiger partial charge in [0.05, 0.1) is 0 Å². The molecule has 1 rings (SSSR count). The summed E-state index contributed by atoms with van der Waals surface area (Å²) in [7, 11) is 0. The Morgan fingerprint density at radius 2 is 1.95 bits per heavy atom. The van der Waals surface area contributed by atoms with Gasteiger partial charge < -0.3 is 15.2 Å². The number of nitrogens with one attached hydrogen (secondary N) is 1. The molecule has 0 aliphatic carbocycles. The van der Waals surface area contributed by atoms with Crippen LogP contribution in [0.2, 0.25) is 0 Å². The minimum atomic E-state index is -1.10. The molecular formula is C14H23NO5. The molecule has 114 valence electrons. The van der Waals surface area contributed by atoms with Crippen molar-refractivity contribution in [3.8, 4) is 0 Å². The molecule has 0 unspecified atom stereocenters. The Bertz CT molecular complexity index is 369. The summed E-state index contributed by atoms with van der Waals surface area (Å²) in [6.07, 6.45) is 4.78. The summed E-state index contributed by atoms with van der Waals surface area (Å²) in [6, 6.07) is -0.949. The maximum atomic E-state index is 11.6. The standard InChI is InChI=1S/C14H23NO5/c1-3-4-5-6-7-8-10(16)20-9(2)11-12(14(18)19)15-13(11)17/h9,11-12H,3-8H2,1-2H3,(H,15,17)(H,18,19)/t9-,11+,12+/m1/s1. The summed E-state index contributed by atoms with van der Waals surface area (Å²) < 4.78 is 5.15. The Kier molecular flexibility index (Phi) is 6.48. The Balaban J connectivity index is 2.27. The van der Waals surface area contributed by atoms with Crippen LogP contribution in [0, 0.1) is 5.92 Å². The van der Waals surface area contributed by atoms with Crippen LogP contribution in [0.25, 0.3) is 0 Å². The van der Waals surface area contributed by atoms with Gasteiger partial charge in [-0.25, -0.2) is 4.79 Å². The van der Waals surface area contributed by atoms with Crippen LogP contribution in [0.15, 0.2) is 0 Å². The minimum Gasteiger partial charge on any atom is -0.480 e. The predicted octanol–water partition coefficient (Wildman–Crippen LogP) is 1.48. The lowest BCUT2D eigenvalue weighted by atomic mass is 9.86. The van der Waals surface area contributed by atoms with Crippen molar-refractivity contribution in [2.75, 3.05) is 0 Å². The normalized spacial score (nSPS) is 22.6. The third-order valence-corrected chi connectivity index (χ3v) is 3.53. The first-order valence-electron chi connectivity index (χ1n) is 7.20. The van der Waals surface area contributed by atoms with E-state index in [1.807, 2.05) is 0 Å². The van der Waals surface area contributed by atoms with Crippen LogP contribution >= 0.6 is 0 Å². The lowest BCUT2D eigenvalue weighted by Crippen LogP contribution is -2.65. The number of rotatable bonds is 9. The van der Waals surface area contributed by atoms with Crippen molar-refractivity contribution >= 4 is 17.8 Å². The van der Waals surface area contributed by atoms with Crippen molar-refractivity contribution in [3.05, 3.63) is 0 Å². The summed E-state index contributed by atoms with van der Waals surface area (Å²) in [4.78, 5) is 33.8. The average Bonchev–Trinajstić information content (AvgIpc) is 2.34. The molecular weight excluding hydrogens is 262 g/mol. The van der Waals surface area contributed by atoms with Crippen LogP contribution in [-0.4, -0.2) is 35.1 Å². The smallest absolute Gasteiger partial charge is 0.327 e. The minimum absolute atomic E-state index is 0.320. The molecule has 1 saturated heterocycles. The van der Waals surface area contributed by atoms with E-state index in [2.05, 4.69) is 12.2 Å². The molecule has 1 aliphatic heterocycles. The van der Waals surface area contributed by atoms with Crippen molar-refractivity contribution in [3.63, 3.8) is 0 Å². The Labute approximate surface area is 118 Å². The van der Waals surface area contributed by atoms with Crippen LogP contribution in [0.4, 0.5) is 0 Å². The topological polar surface area (TPSA) is 92.7 Å². The fraction of sp³-hybridized carbons (Fsp3) is 0.786. The van der Waals surface area contributed by atoms with Crippen LogP contribution < -0.4 is 5.32 Å². The number of hydrogen-bond acceptors (Lipinski definition) is 4. The van der Waals surface area contributed by atoms with Gasteiger partial charge in [-0.2, -0.15) is 0 Å². The number of carboxylic acids is 1. The molecule has 0 aromatic rings. The molecule has 3 atom stereocenters. The molecule has 0 radical (unpaired) electrons. The second-order valence-electron chi connectivity index (χ2n) is 5.21. The summed E-state index contributed by atoms with van der Waals surface area (Å²) in [5.74, 6) is -2.62. The van der Waals surface area contributed by atoms with E-state index in [4.69, 9.17) is 9.84 Å². The first-order valence-corrected chi connectivity index (χ1v) is 7.20. The fourth-order valence-electron chi connectivity index (χ4n) is 2.31. The van der Waals surface area contributed by atoms with Gasteiger partial charge in [-0.1, -0.05) is 32.6 Å². The molecule has 0 aromatic heterocycles. The van der Waals surface area contributed by atoms with E-state index in [0.29, 0.717) is 6.42 Å². The van der Waals surface area contributed by atoms with Crippen LogP contribution in [-0.2, 0) is 19.1 Å². The van der Waals surface area contributed by atoms with Gasteiger partial charge >= 0.3 is 11.9 Å². The van der Waals surface area contributed by atoms with Gasteiger partial charge in [0.25, 0.3) is 0 Å². The lowest BCUT2D eigenvalue weighted by Gasteiger charge is -2.36. The number of β-lactam (4-membered cyclic amide) rings is 1. The highest BCUT2D eigenvalue weighted by Gasteiger charge is 2.48. The molecule has 2 N–H and O–H groups in total. The zero-order chi connectivity index (χ0) is 15.1. The summed E-state index contributed by atoms with van der Waals surface area (Å²) in [6.45, 7) is 3.69. The number of ether oxygens (including phenoxy) is 1. The molecule has 6 heteroatoms. The first-order chi connectivity index (χ1) is 9.47. The molecule has 6 nitrogen and oxygen atoms in total. The highest BCUT2D eigenvalue weighted by atomic mass is 16.5. The molecule has 0 saturated carbocycles. The number of hydrogen-bond donors (Lipinski definition) is 2. The van der Waals surface area contributed by atoms with Gasteiger partial charge in [0, 0.05) is 6.42 Å². The Hall–Kier alpha value is -1.59. The maximum Gasteiger partial charge on any atom is 0.327 e. The van der Waals surface area contributed by atoms with Gasteiger partial charge in [0.15, 0.2) is 0 Å². The van der Waals surface area contributed by atoms with Gasteiger partial charge in [-0.05, 0) is 13.3 Å². The molecule has 1 heterocycles. The molecule has 1 amide bonds. The number of unbranched alkanes of at least 4 members (excludes halogenated alkanes) is 4. The van der Waals surface area contributed by atoms with E-state index in [9.17, 15) is 14.4 Å². The lowest BCUT2D eigenvalue weighted by molar-refractivity contribution is -0.166. The molecule has 1 fully saturated rings. The van der Waals surface area contributed by atoms with Crippen molar-refractivity contribution < 1.29 is 24.2 Å². The van der Waals surface area contributed by atoms with Crippen molar-refractivity contribution in [1.82, 2.24) is 5.32 Å². The predicted molar refractivity (Wildman–Crippen MR) is 72.0 cm³/mol. The SMILES string of the molecule is CCCCCCCC(=O)O[C@H](C)[C@@H]1C(=O)N[C@@H]1C(=O)O. The number of carboxylic acid groups (broad SMARTS) is 1. The van der Waals surface area contributed by atoms with Gasteiger partial charge in [0.1, 0.15) is 18.1 Å². The van der Waals surface area contributed by atoms with E-state index in [-0.39, 0.29) is 11.9 Å². The van der Waals surface area contributed by atoms with Crippen LogP contribution in [0.5, 0.6) is 0 Å². The zero-order valence-electron chi connectivity index (χ0n) is 12.1. The van der Waals surface area contributed by atoms with E-state index in [1.54, 1.807) is 6.92 Å². The van der Waals surface area contributed by atoms with Crippen LogP contribution in [0.1, 0.15) is 52.4 Å². The summed E-state index contributed by atoms with van der Waals surface area (Å²) in [5.41, 5.74) is 0. The van der Waals surface area contributed by atoms with E-state index in [1.165, 1.54) is 0 Å². The average molecular weight is 285 g/mol. The molecule has 0 bridgehead atoms. The van der Waals surface area contributed by atoms with Crippen molar-refractivity contribution in [2.24, 2.45) is 5.92 Å². The van der Waals surface area contributed by atoms with Crippen LogP contribution in [0.3, 0.4) is 0 Å².